The third-order valence-electron chi connectivity index (χ3n) is 2.50. The lowest BCUT2D eigenvalue weighted by Crippen LogP contribution is -2.02. The zero-order valence-corrected chi connectivity index (χ0v) is 10.8. The summed E-state index contributed by atoms with van der Waals surface area (Å²) in [6.45, 7) is 5.89. The summed E-state index contributed by atoms with van der Waals surface area (Å²) in [6, 6.07) is 0. The summed E-state index contributed by atoms with van der Waals surface area (Å²) in [5.74, 6) is 0.990. The SMILES string of the molecule is CCc1nc(-c2ncc(C)cn2)nc(Cl)c1C. The largest absolute Gasteiger partial charge is 0.234 e. The number of aromatic nitrogens is 4. The highest BCUT2D eigenvalue weighted by molar-refractivity contribution is 6.30. The van der Waals surface area contributed by atoms with Gasteiger partial charge in [0.2, 0.25) is 0 Å². The Kier molecular flexibility index (Phi) is 3.33. The van der Waals surface area contributed by atoms with Crippen molar-refractivity contribution in [3.63, 3.8) is 0 Å². The van der Waals surface area contributed by atoms with Gasteiger partial charge in [0, 0.05) is 23.7 Å². The number of hydrogen-bond acceptors (Lipinski definition) is 4. The fourth-order valence-electron chi connectivity index (χ4n) is 1.48. The number of rotatable bonds is 2. The molecule has 0 aliphatic carbocycles. The predicted molar refractivity (Wildman–Crippen MR) is 66.9 cm³/mol. The fourth-order valence-corrected chi connectivity index (χ4v) is 1.67. The topological polar surface area (TPSA) is 51.6 Å². The van der Waals surface area contributed by atoms with Gasteiger partial charge >= 0.3 is 0 Å². The molecule has 2 aromatic rings. The van der Waals surface area contributed by atoms with Gasteiger partial charge in [-0.3, -0.25) is 0 Å². The molecule has 88 valence electrons. The van der Waals surface area contributed by atoms with E-state index in [0.29, 0.717) is 16.8 Å². The lowest BCUT2D eigenvalue weighted by Gasteiger charge is -2.06. The molecule has 5 heteroatoms. The van der Waals surface area contributed by atoms with E-state index in [1.807, 2.05) is 20.8 Å². The van der Waals surface area contributed by atoms with Crippen LogP contribution in [0.2, 0.25) is 5.15 Å². The minimum absolute atomic E-state index is 0.469. The summed E-state index contributed by atoms with van der Waals surface area (Å²) in [5.41, 5.74) is 2.86. The lowest BCUT2D eigenvalue weighted by molar-refractivity contribution is 0.958. The van der Waals surface area contributed by atoms with Crippen LogP contribution in [0.4, 0.5) is 0 Å². The van der Waals surface area contributed by atoms with Crippen molar-refractivity contribution in [2.45, 2.75) is 27.2 Å². The van der Waals surface area contributed by atoms with E-state index in [9.17, 15) is 0 Å². The van der Waals surface area contributed by atoms with Crippen molar-refractivity contribution in [3.8, 4) is 11.6 Å². The first-order chi connectivity index (χ1) is 8.11. The Morgan fingerprint density at radius 1 is 1.06 bits per heavy atom. The Morgan fingerprint density at radius 2 is 1.71 bits per heavy atom. The van der Waals surface area contributed by atoms with Crippen LogP contribution < -0.4 is 0 Å². The van der Waals surface area contributed by atoms with E-state index in [0.717, 1.165) is 23.2 Å². The summed E-state index contributed by atoms with van der Waals surface area (Å²) < 4.78 is 0. The zero-order chi connectivity index (χ0) is 12.4. The van der Waals surface area contributed by atoms with Crippen LogP contribution in [0.1, 0.15) is 23.7 Å². The maximum Gasteiger partial charge on any atom is 0.199 e. The molecule has 2 rings (SSSR count). The normalized spacial score (nSPS) is 10.6. The molecule has 0 aliphatic heterocycles. The average Bonchev–Trinajstić information content (AvgIpc) is 2.33. The van der Waals surface area contributed by atoms with Crippen LogP contribution in [0.5, 0.6) is 0 Å². The minimum atomic E-state index is 0.469. The van der Waals surface area contributed by atoms with Gasteiger partial charge in [0.25, 0.3) is 0 Å². The van der Waals surface area contributed by atoms with Crippen LogP contribution in [0.3, 0.4) is 0 Å². The van der Waals surface area contributed by atoms with Gasteiger partial charge in [0.05, 0.1) is 0 Å². The second kappa shape index (κ2) is 4.75. The predicted octanol–water partition coefficient (Wildman–Crippen LogP) is 2.77. The average molecular weight is 249 g/mol. The number of aryl methyl sites for hydroxylation is 2. The lowest BCUT2D eigenvalue weighted by atomic mass is 10.2. The number of halogens is 1. The highest BCUT2D eigenvalue weighted by Gasteiger charge is 2.11. The number of hydrogen-bond donors (Lipinski definition) is 0. The van der Waals surface area contributed by atoms with Crippen molar-refractivity contribution >= 4 is 11.6 Å². The molecule has 0 N–H and O–H groups in total. The molecule has 0 radical (unpaired) electrons. The molecule has 17 heavy (non-hydrogen) atoms. The van der Waals surface area contributed by atoms with Crippen molar-refractivity contribution in [1.29, 1.82) is 0 Å². The number of nitrogens with zero attached hydrogens (tertiary/aromatic N) is 4. The Labute approximate surface area is 105 Å². The third kappa shape index (κ3) is 2.42. The molecule has 0 amide bonds. The van der Waals surface area contributed by atoms with E-state index in [1.165, 1.54) is 0 Å². The molecule has 2 heterocycles. The highest BCUT2D eigenvalue weighted by atomic mass is 35.5. The van der Waals surface area contributed by atoms with Crippen LogP contribution in [0.15, 0.2) is 12.4 Å². The van der Waals surface area contributed by atoms with E-state index in [1.54, 1.807) is 12.4 Å². The summed E-state index contributed by atoms with van der Waals surface area (Å²) >= 11 is 6.07. The van der Waals surface area contributed by atoms with Gasteiger partial charge in [-0.1, -0.05) is 18.5 Å². The van der Waals surface area contributed by atoms with Gasteiger partial charge in [-0.2, -0.15) is 0 Å². The first-order valence-electron chi connectivity index (χ1n) is 5.44. The van der Waals surface area contributed by atoms with E-state index >= 15 is 0 Å². The van der Waals surface area contributed by atoms with Crippen LogP contribution in [0, 0.1) is 13.8 Å². The van der Waals surface area contributed by atoms with E-state index in [-0.39, 0.29) is 0 Å². The van der Waals surface area contributed by atoms with Crippen LogP contribution in [-0.2, 0) is 6.42 Å². The maximum absolute atomic E-state index is 6.07. The standard InChI is InChI=1S/C12H13ClN4/c1-4-9-8(3)10(13)17-12(16-9)11-14-5-7(2)6-15-11/h5-6H,4H2,1-3H3. The van der Waals surface area contributed by atoms with E-state index in [4.69, 9.17) is 11.6 Å². The third-order valence-corrected chi connectivity index (χ3v) is 2.87. The quantitative estimate of drug-likeness (QED) is 0.767. The first kappa shape index (κ1) is 11.9. The molecule has 0 saturated heterocycles. The van der Waals surface area contributed by atoms with Gasteiger partial charge in [0.15, 0.2) is 11.6 Å². The molecule has 0 aromatic carbocycles. The van der Waals surface area contributed by atoms with Crippen LogP contribution in [-0.4, -0.2) is 19.9 Å². The molecule has 0 bridgehead atoms. The smallest absolute Gasteiger partial charge is 0.199 e. The van der Waals surface area contributed by atoms with Crippen molar-refractivity contribution in [2.75, 3.05) is 0 Å². The second-order valence-corrected chi connectivity index (χ2v) is 4.21. The Bertz CT molecular complexity index is 537. The molecule has 0 saturated carbocycles. The van der Waals surface area contributed by atoms with Gasteiger partial charge in [-0.05, 0) is 25.8 Å². The summed E-state index contributed by atoms with van der Waals surface area (Å²) in [7, 11) is 0. The maximum atomic E-state index is 6.07. The summed E-state index contributed by atoms with van der Waals surface area (Å²) in [6.07, 6.45) is 4.29. The van der Waals surface area contributed by atoms with Crippen LogP contribution >= 0.6 is 11.6 Å². The van der Waals surface area contributed by atoms with Crippen molar-refractivity contribution in [3.05, 3.63) is 34.4 Å². The minimum Gasteiger partial charge on any atom is -0.234 e. The molecule has 0 fully saturated rings. The summed E-state index contributed by atoms with van der Waals surface area (Å²) in [5, 5.41) is 0.469. The van der Waals surface area contributed by atoms with Gasteiger partial charge in [-0.15, -0.1) is 0 Å². The molecule has 0 atom stereocenters. The molecular formula is C12H13ClN4. The van der Waals surface area contributed by atoms with Gasteiger partial charge < -0.3 is 0 Å². The van der Waals surface area contributed by atoms with Gasteiger partial charge in [0.1, 0.15) is 5.15 Å². The molecule has 0 unspecified atom stereocenters. The van der Waals surface area contributed by atoms with Crippen molar-refractivity contribution in [2.24, 2.45) is 0 Å². The van der Waals surface area contributed by atoms with Gasteiger partial charge in [-0.25, -0.2) is 19.9 Å². The monoisotopic (exact) mass is 248 g/mol. The molecule has 2 aromatic heterocycles. The van der Waals surface area contributed by atoms with Crippen LogP contribution in [0.25, 0.3) is 11.6 Å². The highest BCUT2D eigenvalue weighted by Crippen LogP contribution is 2.19. The Morgan fingerprint density at radius 3 is 2.29 bits per heavy atom. The zero-order valence-electron chi connectivity index (χ0n) is 10.0. The van der Waals surface area contributed by atoms with Crippen molar-refractivity contribution < 1.29 is 0 Å². The molecule has 0 aliphatic rings. The van der Waals surface area contributed by atoms with E-state index < -0.39 is 0 Å². The molecule has 4 nitrogen and oxygen atoms in total. The molecular weight excluding hydrogens is 236 g/mol. The Balaban J connectivity index is 2.52. The van der Waals surface area contributed by atoms with E-state index in [2.05, 4.69) is 19.9 Å². The first-order valence-corrected chi connectivity index (χ1v) is 5.81. The molecule has 0 spiro atoms. The summed E-state index contributed by atoms with van der Waals surface area (Å²) in [4.78, 5) is 17.0. The second-order valence-electron chi connectivity index (χ2n) is 3.85. The fraction of sp³-hybridized carbons (Fsp3) is 0.333. The Hall–Kier alpha value is -1.55. The van der Waals surface area contributed by atoms with Crippen molar-refractivity contribution in [1.82, 2.24) is 19.9 Å².